The number of ether oxygens (including phenoxy) is 1. The van der Waals surface area contributed by atoms with E-state index in [2.05, 4.69) is 41.5 Å². The van der Waals surface area contributed by atoms with Crippen LogP contribution in [0.5, 0.6) is 0 Å². The number of anilines is 1. The molecule has 4 unspecified atom stereocenters. The number of aliphatic carboxylic acids is 1. The average molecular weight is 401 g/mol. The highest BCUT2D eigenvalue weighted by Gasteiger charge is 2.55. The third-order valence-corrected chi connectivity index (χ3v) is 6.54. The molecule has 2 aliphatic rings. The predicted molar refractivity (Wildman–Crippen MR) is 107 cm³/mol. The Morgan fingerprint density at radius 1 is 1.21 bits per heavy atom. The molecule has 2 bridgehead atoms. The Balaban J connectivity index is 1.51. The van der Waals surface area contributed by atoms with Gasteiger partial charge in [0.2, 0.25) is 5.91 Å². The molecule has 6 nitrogen and oxygen atoms in total. The number of fused-ring (bicyclic) bond motifs is 2. The van der Waals surface area contributed by atoms with Gasteiger partial charge in [0.05, 0.1) is 29.7 Å². The maximum atomic E-state index is 12.8. The second-order valence-electron chi connectivity index (χ2n) is 7.54. The first-order chi connectivity index (χ1) is 13.5. The van der Waals surface area contributed by atoms with Crippen molar-refractivity contribution in [3.8, 4) is 11.3 Å². The minimum atomic E-state index is -0.962. The molecule has 7 heteroatoms. The van der Waals surface area contributed by atoms with Crippen LogP contribution < -0.4 is 5.32 Å². The molecule has 4 atom stereocenters. The first-order valence-corrected chi connectivity index (χ1v) is 10.6. The number of amides is 1. The number of carboxylic acid groups (broad SMARTS) is 1. The maximum Gasteiger partial charge on any atom is 0.310 e. The van der Waals surface area contributed by atoms with Crippen molar-refractivity contribution in [2.45, 2.75) is 51.7 Å². The van der Waals surface area contributed by atoms with Gasteiger partial charge in [-0.05, 0) is 31.7 Å². The van der Waals surface area contributed by atoms with Crippen molar-refractivity contribution >= 4 is 28.3 Å². The van der Waals surface area contributed by atoms with Gasteiger partial charge in [-0.1, -0.05) is 37.6 Å². The molecule has 3 heterocycles. The number of thiazole rings is 1. The molecule has 1 amide bonds. The lowest BCUT2D eigenvalue weighted by molar-refractivity contribution is -0.147. The van der Waals surface area contributed by atoms with Crippen LogP contribution in [0, 0.1) is 18.8 Å². The van der Waals surface area contributed by atoms with Gasteiger partial charge in [0.1, 0.15) is 0 Å². The number of aromatic nitrogens is 1. The molecule has 0 aliphatic carbocycles. The topological polar surface area (TPSA) is 88.5 Å². The number of carbonyl (C=O) groups is 2. The lowest BCUT2D eigenvalue weighted by Crippen LogP contribution is -2.40. The Morgan fingerprint density at radius 3 is 2.54 bits per heavy atom. The summed E-state index contributed by atoms with van der Waals surface area (Å²) in [6.07, 6.45) is 2.94. The molecule has 2 N–H and O–H groups in total. The summed E-state index contributed by atoms with van der Waals surface area (Å²) >= 11 is 1.41. The van der Waals surface area contributed by atoms with Crippen molar-refractivity contribution in [1.29, 1.82) is 0 Å². The molecule has 0 radical (unpaired) electrons. The van der Waals surface area contributed by atoms with Crippen LogP contribution in [-0.2, 0) is 20.7 Å². The molecule has 4 rings (SSSR count). The fourth-order valence-electron chi connectivity index (χ4n) is 4.35. The van der Waals surface area contributed by atoms with Crippen LogP contribution >= 0.6 is 11.3 Å². The lowest BCUT2D eigenvalue weighted by atomic mass is 9.79. The zero-order valence-electron chi connectivity index (χ0n) is 16.0. The highest BCUT2D eigenvalue weighted by Crippen LogP contribution is 2.44. The number of carboxylic acids is 1. The van der Waals surface area contributed by atoms with Gasteiger partial charge >= 0.3 is 5.97 Å². The van der Waals surface area contributed by atoms with E-state index in [1.54, 1.807) is 0 Å². The molecular weight excluding hydrogens is 376 g/mol. The molecule has 2 aromatic rings. The number of benzene rings is 1. The van der Waals surface area contributed by atoms with Crippen LogP contribution in [0.25, 0.3) is 11.3 Å². The minimum Gasteiger partial charge on any atom is -0.481 e. The van der Waals surface area contributed by atoms with Crippen molar-refractivity contribution in [3.63, 3.8) is 0 Å². The zero-order valence-corrected chi connectivity index (χ0v) is 16.8. The maximum absolute atomic E-state index is 12.8. The van der Waals surface area contributed by atoms with Crippen molar-refractivity contribution in [1.82, 2.24) is 4.98 Å². The summed E-state index contributed by atoms with van der Waals surface area (Å²) in [5.74, 6) is -2.70. The molecule has 0 saturated carbocycles. The summed E-state index contributed by atoms with van der Waals surface area (Å²) in [5, 5.41) is 12.8. The molecule has 1 aromatic carbocycles. The molecule has 2 saturated heterocycles. The number of rotatable bonds is 6. The normalized spacial score (nSPS) is 25.8. The second kappa shape index (κ2) is 7.64. The Bertz CT molecular complexity index is 892. The SMILES string of the molecule is CCCc1ccc(-c2nc(NC(=O)C3C4CCC(O4)C3C(=O)O)sc2C)cc1. The van der Waals surface area contributed by atoms with Gasteiger partial charge in [0.15, 0.2) is 5.13 Å². The first-order valence-electron chi connectivity index (χ1n) is 9.73. The van der Waals surface area contributed by atoms with Gasteiger partial charge < -0.3 is 15.2 Å². The van der Waals surface area contributed by atoms with E-state index in [0.717, 1.165) is 35.4 Å². The predicted octanol–water partition coefficient (Wildman–Crippen LogP) is 3.89. The molecule has 1 aromatic heterocycles. The van der Waals surface area contributed by atoms with Crippen molar-refractivity contribution < 1.29 is 19.4 Å². The number of hydrogen-bond acceptors (Lipinski definition) is 5. The van der Waals surface area contributed by atoms with E-state index in [4.69, 9.17) is 4.74 Å². The van der Waals surface area contributed by atoms with Crippen LogP contribution in [0.2, 0.25) is 0 Å². The van der Waals surface area contributed by atoms with Crippen LogP contribution in [-0.4, -0.2) is 34.2 Å². The average Bonchev–Trinajstić information content (AvgIpc) is 3.37. The first kappa shape index (κ1) is 19.1. The summed E-state index contributed by atoms with van der Waals surface area (Å²) in [5.41, 5.74) is 3.16. The van der Waals surface area contributed by atoms with Crippen molar-refractivity contribution in [3.05, 3.63) is 34.7 Å². The third kappa shape index (κ3) is 3.44. The smallest absolute Gasteiger partial charge is 0.310 e. The van der Waals surface area contributed by atoms with E-state index in [1.165, 1.54) is 16.9 Å². The van der Waals surface area contributed by atoms with Gasteiger partial charge in [0, 0.05) is 10.4 Å². The molecule has 28 heavy (non-hydrogen) atoms. The number of carbonyl (C=O) groups excluding carboxylic acids is 1. The number of aryl methyl sites for hydroxylation is 2. The van der Waals surface area contributed by atoms with Gasteiger partial charge in [-0.25, -0.2) is 4.98 Å². The molecule has 0 spiro atoms. The van der Waals surface area contributed by atoms with Crippen LogP contribution in [0.4, 0.5) is 5.13 Å². The van der Waals surface area contributed by atoms with E-state index < -0.39 is 17.8 Å². The summed E-state index contributed by atoms with van der Waals surface area (Å²) in [4.78, 5) is 30.0. The number of nitrogens with zero attached hydrogens (tertiary/aromatic N) is 1. The van der Waals surface area contributed by atoms with Crippen LogP contribution in [0.15, 0.2) is 24.3 Å². The van der Waals surface area contributed by atoms with Crippen molar-refractivity contribution in [2.24, 2.45) is 11.8 Å². The van der Waals surface area contributed by atoms with Crippen LogP contribution in [0.1, 0.15) is 36.6 Å². The Labute approximate surface area is 167 Å². The monoisotopic (exact) mass is 400 g/mol. The highest BCUT2D eigenvalue weighted by molar-refractivity contribution is 7.16. The standard InChI is InChI=1S/C21H24N2O4S/c1-3-4-12-5-7-13(8-6-12)18-11(2)28-21(22-18)23-19(24)16-14-9-10-15(27-14)17(16)20(25)26/h5-8,14-17H,3-4,9-10H2,1-2H3,(H,25,26)(H,22,23,24). The van der Waals surface area contributed by atoms with Crippen LogP contribution in [0.3, 0.4) is 0 Å². The molecular formula is C21H24N2O4S. The largest absolute Gasteiger partial charge is 0.481 e. The highest BCUT2D eigenvalue weighted by atomic mass is 32.1. The molecule has 2 aliphatic heterocycles. The zero-order chi connectivity index (χ0) is 19.8. The minimum absolute atomic E-state index is 0.307. The molecule has 148 valence electrons. The van der Waals surface area contributed by atoms with Gasteiger partial charge in [-0.15, -0.1) is 11.3 Å². The summed E-state index contributed by atoms with van der Waals surface area (Å²) in [6.45, 7) is 4.13. The number of nitrogens with one attached hydrogen (secondary N) is 1. The number of hydrogen-bond donors (Lipinski definition) is 2. The van der Waals surface area contributed by atoms with E-state index in [0.29, 0.717) is 11.6 Å². The Morgan fingerprint density at radius 2 is 1.89 bits per heavy atom. The summed E-state index contributed by atoms with van der Waals surface area (Å²) < 4.78 is 5.69. The summed E-state index contributed by atoms with van der Waals surface area (Å²) in [6, 6.07) is 8.34. The quantitative estimate of drug-likeness (QED) is 0.768. The van der Waals surface area contributed by atoms with E-state index in [9.17, 15) is 14.7 Å². The fourth-order valence-corrected chi connectivity index (χ4v) is 5.19. The summed E-state index contributed by atoms with van der Waals surface area (Å²) in [7, 11) is 0. The molecule has 2 fully saturated rings. The second-order valence-corrected chi connectivity index (χ2v) is 8.74. The van der Waals surface area contributed by atoms with Gasteiger partial charge in [-0.3, -0.25) is 9.59 Å². The van der Waals surface area contributed by atoms with Crippen molar-refractivity contribution in [2.75, 3.05) is 5.32 Å². The van der Waals surface area contributed by atoms with Gasteiger partial charge in [-0.2, -0.15) is 0 Å². The van der Waals surface area contributed by atoms with E-state index >= 15 is 0 Å². The Hall–Kier alpha value is -2.25. The third-order valence-electron chi connectivity index (χ3n) is 5.65. The van der Waals surface area contributed by atoms with E-state index in [-0.39, 0.29) is 18.1 Å². The Kier molecular flexibility index (Phi) is 5.21. The lowest BCUT2D eigenvalue weighted by Gasteiger charge is -2.23. The fraction of sp³-hybridized carbons (Fsp3) is 0.476. The van der Waals surface area contributed by atoms with Gasteiger partial charge in [0.25, 0.3) is 0 Å². The van der Waals surface area contributed by atoms with E-state index in [1.807, 2.05) is 6.92 Å².